The molecular weight excluding hydrogens is 298 g/mol. The van der Waals surface area contributed by atoms with E-state index >= 15 is 0 Å². The summed E-state index contributed by atoms with van der Waals surface area (Å²) in [6, 6.07) is 12.0. The van der Waals surface area contributed by atoms with E-state index in [0.29, 0.717) is 0 Å². The lowest BCUT2D eigenvalue weighted by atomic mass is 10.1. The molecule has 1 N–H and O–H groups in total. The summed E-state index contributed by atoms with van der Waals surface area (Å²) in [5.41, 5.74) is 0.672. The van der Waals surface area contributed by atoms with Gasteiger partial charge in [0.2, 0.25) is 9.84 Å². The molecule has 0 aliphatic carbocycles. The van der Waals surface area contributed by atoms with Gasteiger partial charge in [-0.3, -0.25) is 0 Å². The van der Waals surface area contributed by atoms with Gasteiger partial charge in [-0.15, -0.1) is 0 Å². The number of benzene rings is 2. The van der Waals surface area contributed by atoms with E-state index in [1.165, 1.54) is 42.5 Å². The maximum Gasteiger partial charge on any atom is 0.379 e. The van der Waals surface area contributed by atoms with Crippen molar-refractivity contribution < 1.29 is 22.3 Å². The molecule has 0 amide bonds. The topological polar surface area (TPSA) is 54.4 Å². The zero-order valence-electron chi connectivity index (χ0n) is 11.2. The number of rotatable bonds is 4. The van der Waals surface area contributed by atoms with Gasteiger partial charge in [-0.2, -0.15) is 8.78 Å². The van der Waals surface area contributed by atoms with Crippen LogP contribution in [0, 0.1) is 6.92 Å². The Balaban J connectivity index is 2.43. The Kier molecular flexibility index (Phi) is 4.11. The average molecular weight is 312 g/mol. The molecule has 2 rings (SSSR count). The zero-order chi connectivity index (χ0) is 15.7. The first-order valence-corrected chi connectivity index (χ1v) is 7.67. The quantitative estimate of drug-likeness (QED) is 0.944. The molecule has 2 aromatic carbocycles. The second kappa shape index (κ2) is 5.54. The predicted molar refractivity (Wildman–Crippen MR) is 74.7 cm³/mol. The van der Waals surface area contributed by atoms with E-state index in [-0.39, 0.29) is 5.56 Å². The van der Waals surface area contributed by atoms with Crippen molar-refractivity contribution in [2.75, 3.05) is 0 Å². The molecule has 0 spiro atoms. The molecule has 0 bridgehead atoms. The van der Waals surface area contributed by atoms with Crippen LogP contribution in [0.2, 0.25) is 0 Å². The largest absolute Gasteiger partial charge is 0.381 e. The van der Waals surface area contributed by atoms with Crippen LogP contribution in [0.4, 0.5) is 8.78 Å². The summed E-state index contributed by atoms with van der Waals surface area (Å²) in [5.74, 6) is 0. The molecule has 0 heterocycles. The fourth-order valence-corrected chi connectivity index (χ4v) is 3.11. The molecule has 0 radical (unpaired) electrons. The van der Waals surface area contributed by atoms with Gasteiger partial charge in [0, 0.05) is 0 Å². The minimum Gasteiger partial charge on any atom is -0.381 e. The summed E-state index contributed by atoms with van der Waals surface area (Å²) in [4.78, 5) is -0.527. The Bertz CT molecular complexity index is 710. The standard InChI is InChI=1S/C15H14F2O3S/c1-11-7-9-12(10-8-11)14(18)15(16,17)21(19,20)13-5-3-2-4-6-13/h2-10,14,18H,1H3. The number of alkyl halides is 2. The van der Waals surface area contributed by atoms with E-state index in [0.717, 1.165) is 17.7 Å². The number of aliphatic hydroxyl groups excluding tert-OH is 1. The Morgan fingerprint density at radius 3 is 2.05 bits per heavy atom. The number of halogens is 2. The van der Waals surface area contributed by atoms with E-state index < -0.39 is 26.1 Å². The van der Waals surface area contributed by atoms with Gasteiger partial charge in [0.05, 0.1) is 4.90 Å². The van der Waals surface area contributed by atoms with Crippen LogP contribution >= 0.6 is 0 Å². The summed E-state index contributed by atoms with van der Waals surface area (Å²) < 4.78 is 52.5. The van der Waals surface area contributed by atoms with Gasteiger partial charge < -0.3 is 5.11 Å². The van der Waals surface area contributed by atoms with Crippen molar-refractivity contribution in [1.29, 1.82) is 0 Å². The maximum absolute atomic E-state index is 14.2. The van der Waals surface area contributed by atoms with Crippen LogP contribution in [-0.2, 0) is 9.84 Å². The molecule has 3 nitrogen and oxygen atoms in total. The van der Waals surface area contributed by atoms with Crippen molar-refractivity contribution in [3.8, 4) is 0 Å². The molecule has 0 aromatic heterocycles. The van der Waals surface area contributed by atoms with Crippen LogP contribution in [0.5, 0.6) is 0 Å². The van der Waals surface area contributed by atoms with E-state index in [9.17, 15) is 22.3 Å². The lowest BCUT2D eigenvalue weighted by molar-refractivity contribution is -0.0434. The number of aryl methyl sites for hydroxylation is 1. The van der Waals surface area contributed by atoms with Crippen LogP contribution < -0.4 is 0 Å². The highest BCUT2D eigenvalue weighted by atomic mass is 32.2. The molecule has 21 heavy (non-hydrogen) atoms. The molecule has 1 atom stereocenters. The van der Waals surface area contributed by atoms with Crippen molar-refractivity contribution >= 4 is 9.84 Å². The lowest BCUT2D eigenvalue weighted by Crippen LogP contribution is -2.35. The minimum absolute atomic E-state index is 0.148. The van der Waals surface area contributed by atoms with Crippen LogP contribution in [0.3, 0.4) is 0 Å². The first-order chi connectivity index (χ1) is 9.76. The zero-order valence-corrected chi connectivity index (χ0v) is 12.0. The second-order valence-electron chi connectivity index (χ2n) is 4.69. The van der Waals surface area contributed by atoms with E-state index in [2.05, 4.69) is 0 Å². The highest BCUT2D eigenvalue weighted by Crippen LogP contribution is 2.39. The Morgan fingerprint density at radius 2 is 1.52 bits per heavy atom. The summed E-state index contributed by atoms with van der Waals surface area (Å²) in [5, 5.41) is 5.49. The second-order valence-corrected chi connectivity index (χ2v) is 6.71. The van der Waals surface area contributed by atoms with Crippen LogP contribution in [0.1, 0.15) is 17.2 Å². The van der Waals surface area contributed by atoms with Crippen molar-refractivity contribution in [2.24, 2.45) is 0 Å². The van der Waals surface area contributed by atoms with Gasteiger partial charge in [-0.25, -0.2) is 8.42 Å². The molecule has 1 unspecified atom stereocenters. The van der Waals surface area contributed by atoms with Gasteiger partial charge in [0.15, 0.2) is 6.10 Å². The fraction of sp³-hybridized carbons (Fsp3) is 0.200. The normalized spacial score (nSPS) is 13.9. The Hall–Kier alpha value is -1.79. The molecule has 2 aromatic rings. The monoisotopic (exact) mass is 312 g/mol. The summed E-state index contributed by atoms with van der Waals surface area (Å²) in [7, 11) is -4.98. The summed E-state index contributed by atoms with van der Waals surface area (Å²) in [6.45, 7) is 1.76. The average Bonchev–Trinajstić information content (AvgIpc) is 2.48. The molecule has 6 heteroatoms. The predicted octanol–water partition coefficient (Wildman–Crippen LogP) is 3.10. The third kappa shape index (κ3) is 2.82. The smallest absolute Gasteiger partial charge is 0.379 e. The maximum atomic E-state index is 14.2. The molecule has 0 saturated heterocycles. The number of hydrogen-bond donors (Lipinski definition) is 1. The van der Waals surface area contributed by atoms with Crippen LogP contribution in [0.15, 0.2) is 59.5 Å². The van der Waals surface area contributed by atoms with Crippen molar-refractivity contribution in [3.63, 3.8) is 0 Å². The highest BCUT2D eigenvalue weighted by Gasteiger charge is 2.53. The summed E-state index contributed by atoms with van der Waals surface area (Å²) in [6.07, 6.45) is -2.43. The third-order valence-corrected chi connectivity index (χ3v) is 4.96. The molecule has 0 aliphatic heterocycles. The van der Waals surface area contributed by atoms with Crippen LogP contribution in [0.25, 0.3) is 0 Å². The van der Waals surface area contributed by atoms with Gasteiger partial charge in [-0.1, -0.05) is 48.0 Å². The van der Waals surface area contributed by atoms with E-state index in [1.807, 2.05) is 0 Å². The molecule has 0 aliphatic rings. The molecule has 0 fully saturated rings. The number of aliphatic hydroxyl groups is 1. The lowest BCUT2D eigenvalue weighted by Gasteiger charge is -2.23. The van der Waals surface area contributed by atoms with Crippen molar-refractivity contribution in [2.45, 2.75) is 23.2 Å². The number of hydrogen-bond acceptors (Lipinski definition) is 3. The van der Waals surface area contributed by atoms with Gasteiger partial charge in [0.1, 0.15) is 0 Å². The highest BCUT2D eigenvalue weighted by molar-refractivity contribution is 7.92. The first-order valence-electron chi connectivity index (χ1n) is 6.19. The van der Waals surface area contributed by atoms with E-state index in [4.69, 9.17) is 0 Å². The molecular formula is C15H14F2O3S. The molecule has 0 saturated carbocycles. The van der Waals surface area contributed by atoms with E-state index in [1.54, 1.807) is 6.92 Å². The van der Waals surface area contributed by atoms with Gasteiger partial charge in [0.25, 0.3) is 0 Å². The first kappa shape index (κ1) is 15.6. The summed E-state index contributed by atoms with van der Waals surface area (Å²) >= 11 is 0. The minimum atomic E-state index is -4.98. The third-order valence-electron chi connectivity index (χ3n) is 3.12. The Morgan fingerprint density at radius 1 is 1.00 bits per heavy atom. The Labute approximate surface area is 121 Å². The van der Waals surface area contributed by atoms with Crippen LogP contribution in [-0.4, -0.2) is 18.8 Å². The van der Waals surface area contributed by atoms with Crippen molar-refractivity contribution in [1.82, 2.24) is 0 Å². The molecule has 112 valence electrons. The van der Waals surface area contributed by atoms with Gasteiger partial charge in [-0.05, 0) is 24.6 Å². The fourth-order valence-electron chi connectivity index (χ4n) is 1.85. The van der Waals surface area contributed by atoms with Crippen molar-refractivity contribution in [3.05, 3.63) is 65.7 Å². The SMILES string of the molecule is Cc1ccc(C(O)C(F)(F)S(=O)(=O)c2ccccc2)cc1. The van der Waals surface area contributed by atoms with Gasteiger partial charge >= 0.3 is 5.25 Å². The number of sulfone groups is 1.